The molecule has 0 amide bonds. The summed E-state index contributed by atoms with van der Waals surface area (Å²) in [6.07, 6.45) is 0. The topological polar surface area (TPSA) is 68.9 Å². The van der Waals surface area contributed by atoms with Crippen molar-refractivity contribution in [1.29, 1.82) is 0 Å². The molecular weight excluding hydrogens is 266 g/mol. The van der Waals surface area contributed by atoms with Gasteiger partial charge in [0.1, 0.15) is 0 Å². The second kappa shape index (κ2) is 6.17. The van der Waals surface area contributed by atoms with Crippen LogP contribution in [0.25, 0.3) is 0 Å². The number of nitrogens with one attached hydrogen (secondary N) is 1. The molecule has 0 unspecified atom stereocenters. The van der Waals surface area contributed by atoms with Gasteiger partial charge in [0.2, 0.25) is 6.79 Å². The summed E-state index contributed by atoms with van der Waals surface area (Å²) < 4.78 is 10.6. The quantitative estimate of drug-likeness (QED) is 0.665. The van der Waals surface area contributed by atoms with Gasteiger partial charge in [-0.2, -0.15) is 0 Å². The monoisotopic (exact) mass is 283 g/mol. The summed E-state index contributed by atoms with van der Waals surface area (Å²) in [5.74, 6) is 1.97. The molecular formula is C16H17N3O2. The van der Waals surface area contributed by atoms with Crippen molar-refractivity contribution >= 4 is 5.96 Å². The van der Waals surface area contributed by atoms with E-state index >= 15 is 0 Å². The van der Waals surface area contributed by atoms with Gasteiger partial charge >= 0.3 is 0 Å². The zero-order chi connectivity index (χ0) is 14.5. The molecule has 108 valence electrons. The van der Waals surface area contributed by atoms with E-state index in [1.54, 1.807) is 0 Å². The number of hydrogen-bond donors (Lipinski definition) is 2. The molecule has 1 aliphatic rings. The first kappa shape index (κ1) is 13.3. The number of nitrogens with two attached hydrogens (primary N) is 1. The third-order valence-corrected chi connectivity index (χ3v) is 3.19. The van der Waals surface area contributed by atoms with Crippen molar-refractivity contribution in [2.45, 2.75) is 13.1 Å². The molecule has 0 bridgehead atoms. The lowest BCUT2D eigenvalue weighted by molar-refractivity contribution is 0.174. The van der Waals surface area contributed by atoms with Gasteiger partial charge < -0.3 is 20.5 Å². The number of benzene rings is 2. The molecule has 0 aliphatic carbocycles. The number of nitrogens with zero attached hydrogens (tertiary/aromatic N) is 1. The summed E-state index contributed by atoms with van der Waals surface area (Å²) in [6, 6.07) is 15.8. The standard InChI is InChI=1S/C16H17N3O2/c17-16(18-9-12-4-2-1-3-5-12)19-10-13-6-7-14-15(8-13)21-11-20-14/h1-8H,9-11H2,(H3,17,18,19). The zero-order valence-electron chi connectivity index (χ0n) is 11.6. The van der Waals surface area contributed by atoms with Crippen molar-refractivity contribution in [3.8, 4) is 11.5 Å². The van der Waals surface area contributed by atoms with E-state index in [-0.39, 0.29) is 6.79 Å². The fourth-order valence-corrected chi connectivity index (χ4v) is 2.06. The second-order valence-electron chi connectivity index (χ2n) is 4.73. The van der Waals surface area contributed by atoms with E-state index in [0.717, 1.165) is 17.1 Å². The van der Waals surface area contributed by atoms with Crippen molar-refractivity contribution in [1.82, 2.24) is 5.32 Å². The van der Waals surface area contributed by atoms with Crippen molar-refractivity contribution in [3.05, 3.63) is 59.7 Å². The van der Waals surface area contributed by atoms with Crippen molar-refractivity contribution < 1.29 is 9.47 Å². The van der Waals surface area contributed by atoms with Crippen LogP contribution in [0.5, 0.6) is 11.5 Å². The molecule has 5 nitrogen and oxygen atoms in total. The highest BCUT2D eigenvalue weighted by Gasteiger charge is 2.12. The molecule has 0 aromatic heterocycles. The van der Waals surface area contributed by atoms with Crippen LogP contribution in [-0.4, -0.2) is 12.8 Å². The zero-order valence-corrected chi connectivity index (χ0v) is 11.6. The minimum atomic E-state index is 0.281. The first-order valence-corrected chi connectivity index (χ1v) is 6.77. The van der Waals surface area contributed by atoms with Crippen molar-refractivity contribution in [2.75, 3.05) is 6.79 Å². The van der Waals surface area contributed by atoms with Crippen LogP contribution in [0, 0.1) is 0 Å². The van der Waals surface area contributed by atoms with Gasteiger partial charge in [-0.25, -0.2) is 4.99 Å². The van der Waals surface area contributed by atoms with E-state index in [4.69, 9.17) is 15.2 Å². The van der Waals surface area contributed by atoms with Gasteiger partial charge in [0, 0.05) is 6.54 Å². The number of rotatable bonds is 4. The Kier molecular flexibility index (Phi) is 3.91. The highest BCUT2D eigenvalue weighted by molar-refractivity contribution is 5.77. The van der Waals surface area contributed by atoms with E-state index in [2.05, 4.69) is 10.3 Å². The van der Waals surface area contributed by atoms with Crippen LogP contribution in [-0.2, 0) is 13.1 Å². The Hall–Kier alpha value is -2.69. The highest BCUT2D eigenvalue weighted by atomic mass is 16.7. The third-order valence-electron chi connectivity index (χ3n) is 3.19. The molecule has 2 aromatic rings. The van der Waals surface area contributed by atoms with Crippen LogP contribution < -0.4 is 20.5 Å². The second-order valence-corrected chi connectivity index (χ2v) is 4.73. The van der Waals surface area contributed by atoms with Gasteiger partial charge in [-0.1, -0.05) is 36.4 Å². The third kappa shape index (κ3) is 3.45. The van der Waals surface area contributed by atoms with Crippen molar-refractivity contribution in [3.63, 3.8) is 0 Å². The summed E-state index contributed by atoms with van der Waals surface area (Å²) in [4.78, 5) is 4.32. The minimum absolute atomic E-state index is 0.281. The Balaban J connectivity index is 1.55. The molecule has 0 fully saturated rings. The van der Waals surface area contributed by atoms with Crippen molar-refractivity contribution in [2.24, 2.45) is 10.7 Å². The van der Waals surface area contributed by atoms with Crippen LogP contribution >= 0.6 is 0 Å². The van der Waals surface area contributed by atoms with Gasteiger partial charge in [-0.15, -0.1) is 0 Å². The molecule has 0 atom stereocenters. The van der Waals surface area contributed by atoms with E-state index in [0.29, 0.717) is 19.0 Å². The molecule has 3 N–H and O–H groups in total. The predicted octanol–water partition coefficient (Wildman–Crippen LogP) is 2.02. The Bertz CT molecular complexity index is 641. The maximum Gasteiger partial charge on any atom is 0.231 e. The fraction of sp³-hybridized carbons (Fsp3) is 0.188. The van der Waals surface area contributed by atoms with Gasteiger partial charge in [0.05, 0.1) is 6.54 Å². The van der Waals surface area contributed by atoms with Gasteiger partial charge in [0.15, 0.2) is 17.5 Å². The first-order valence-electron chi connectivity index (χ1n) is 6.77. The van der Waals surface area contributed by atoms with Crippen LogP contribution in [0.4, 0.5) is 0 Å². The van der Waals surface area contributed by atoms with Gasteiger partial charge in [0.25, 0.3) is 0 Å². The van der Waals surface area contributed by atoms with Crippen LogP contribution in [0.2, 0.25) is 0 Å². The molecule has 0 saturated carbocycles. The predicted molar refractivity (Wildman–Crippen MR) is 81.2 cm³/mol. The smallest absolute Gasteiger partial charge is 0.231 e. The van der Waals surface area contributed by atoms with Crippen LogP contribution in [0.1, 0.15) is 11.1 Å². The molecule has 3 rings (SSSR count). The normalized spacial score (nSPS) is 13.2. The highest BCUT2D eigenvalue weighted by Crippen LogP contribution is 2.32. The van der Waals surface area contributed by atoms with Gasteiger partial charge in [-0.05, 0) is 23.3 Å². The Labute approximate surface area is 123 Å². The average Bonchev–Trinajstić information content (AvgIpc) is 2.99. The lowest BCUT2D eigenvalue weighted by Crippen LogP contribution is -2.31. The summed E-state index contributed by atoms with van der Waals surface area (Å²) in [5.41, 5.74) is 8.06. The number of ether oxygens (including phenoxy) is 2. The molecule has 2 aromatic carbocycles. The molecule has 0 radical (unpaired) electrons. The summed E-state index contributed by atoms with van der Waals surface area (Å²) in [6.45, 7) is 1.45. The fourth-order valence-electron chi connectivity index (χ4n) is 2.06. The lowest BCUT2D eigenvalue weighted by Gasteiger charge is -2.06. The molecule has 0 spiro atoms. The number of fused-ring (bicyclic) bond motifs is 1. The number of guanidine groups is 1. The Morgan fingerprint density at radius 2 is 1.86 bits per heavy atom. The maximum atomic E-state index is 5.87. The average molecular weight is 283 g/mol. The molecule has 5 heteroatoms. The lowest BCUT2D eigenvalue weighted by atomic mass is 10.2. The first-order chi connectivity index (χ1) is 10.3. The molecule has 21 heavy (non-hydrogen) atoms. The minimum Gasteiger partial charge on any atom is -0.454 e. The summed E-state index contributed by atoms with van der Waals surface area (Å²) >= 11 is 0. The van der Waals surface area contributed by atoms with E-state index < -0.39 is 0 Å². The van der Waals surface area contributed by atoms with E-state index in [1.165, 1.54) is 5.56 Å². The molecule has 1 aliphatic heterocycles. The summed E-state index contributed by atoms with van der Waals surface area (Å²) in [7, 11) is 0. The largest absolute Gasteiger partial charge is 0.454 e. The van der Waals surface area contributed by atoms with Crippen LogP contribution in [0.3, 0.4) is 0 Å². The molecule has 1 heterocycles. The van der Waals surface area contributed by atoms with E-state index in [9.17, 15) is 0 Å². The van der Waals surface area contributed by atoms with Crippen LogP contribution in [0.15, 0.2) is 53.5 Å². The summed E-state index contributed by atoms with van der Waals surface area (Å²) in [5, 5.41) is 3.09. The Morgan fingerprint density at radius 3 is 2.71 bits per heavy atom. The SMILES string of the molecule is NC(=NCc1ccc2c(c1)OCO2)NCc1ccccc1. The number of hydrogen-bond acceptors (Lipinski definition) is 3. The number of aliphatic imine (C=N–C) groups is 1. The van der Waals surface area contributed by atoms with E-state index in [1.807, 2.05) is 48.5 Å². The van der Waals surface area contributed by atoms with Gasteiger partial charge in [-0.3, -0.25) is 0 Å². The Morgan fingerprint density at radius 1 is 1.05 bits per heavy atom. The maximum absolute atomic E-state index is 5.87. The molecule has 0 saturated heterocycles.